The van der Waals surface area contributed by atoms with Crippen molar-refractivity contribution >= 4 is 45.5 Å². The Bertz CT molecular complexity index is 2150. The predicted molar refractivity (Wildman–Crippen MR) is 241 cm³/mol. The van der Waals surface area contributed by atoms with Gasteiger partial charge in [-0.1, -0.05) is 63.3 Å². The topological polar surface area (TPSA) is 230 Å². The van der Waals surface area contributed by atoms with Crippen molar-refractivity contribution in [1.29, 1.82) is 0 Å². The van der Waals surface area contributed by atoms with Gasteiger partial charge in [-0.2, -0.15) is 0 Å². The van der Waals surface area contributed by atoms with Gasteiger partial charge in [0.1, 0.15) is 35.0 Å². The van der Waals surface area contributed by atoms with E-state index in [1.165, 1.54) is 17.9 Å². The molecule has 1 aliphatic rings. The normalized spacial score (nSPS) is 15.7. The lowest BCUT2D eigenvalue weighted by molar-refractivity contribution is -0.138. The second kappa shape index (κ2) is 21.4. The molecule has 0 radical (unpaired) electrons. The quantitative estimate of drug-likeness (QED) is 0.0464. The number of amides is 5. The Hall–Kier alpha value is -5.71. The standard InChI is InChI=1S/C45H66N8O8S/c1-13-23-45(11,51-38(54)27(4)5)42(58)49-34(40(56)48-33(15-3)39(55)50-35(31-20-17-16-18-21-31)41(57)53(12)25-14-2)22-19-24-47-43(46)52-62(59,60)37-29(7)28(6)36-32(30(37)8)26-44(9,10)61-36/h13-14,16-18,20-21,27,33-35H,1-2,15,19,22-26H2,3-12H3,(H,48,56)(H,49,58)(H,50,55)(H,51,54)(H3,46,47,52)/t33-,34-,35+,45+/m0/s1. The summed E-state index contributed by atoms with van der Waals surface area (Å²) in [6.45, 7) is 23.3. The molecule has 0 fully saturated rings. The van der Waals surface area contributed by atoms with Crippen LogP contribution in [0.2, 0.25) is 0 Å². The largest absolute Gasteiger partial charge is 0.487 e. The Kier molecular flexibility index (Phi) is 17.5. The zero-order valence-corrected chi connectivity index (χ0v) is 38.7. The lowest BCUT2D eigenvalue weighted by Gasteiger charge is -2.32. The third kappa shape index (κ3) is 12.7. The van der Waals surface area contributed by atoms with Crippen LogP contribution in [-0.2, 0) is 40.4 Å². The van der Waals surface area contributed by atoms with Gasteiger partial charge in [0, 0.05) is 38.0 Å². The van der Waals surface area contributed by atoms with Crippen LogP contribution in [0.5, 0.6) is 5.75 Å². The van der Waals surface area contributed by atoms with E-state index in [4.69, 9.17) is 10.5 Å². The maximum atomic E-state index is 14.1. The molecule has 0 saturated carbocycles. The Labute approximate surface area is 367 Å². The van der Waals surface area contributed by atoms with Gasteiger partial charge in [0.25, 0.3) is 10.0 Å². The van der Waals surface area contributed by atoms with E-state index in [2.05, 4.69) is 44.1 Å². The molecule has 1 heterocycles. The number of nitrogens with two attached hydrogens (primary N) is 1. The third-order valence-electron chi connectivity index (χ3n) is 10.8. The molecular weight excluding hydrogens is 813 g/mol. The van der Waals surface area contributed by atoms with Crippen LogP contribution in [0.15, 0.2) is 65.5 Å². The van der Waals surface area contributed by atoms with E-state index in [1.807, 2.05) is 20.8 Å². The minimum Gasteiger partial charge on any atom is -0.487 e. The Balaban J connectivity index is 1.87. The summed E-state index contributed by atoms with van der Waals surface area (Å²) in [5, 5.41) is 11.0. The summed E-state index contributed by atoms with van der Waals surface area (Å²) in [5.41, 5.74) is 7.31. The Morgan fingerprint density at radius 2 is 1.58 bits per heavy atom. The summed E-state index contributed by atoms with van der Waals surface area (Å²) in [6, 6.07) is 5.23. The predicted octanol–water partition coefficient (Wildman–Crippen LogP) is 3.69. The fourth-order valence-corrected chi connectivity index (χ4v) is 8.69. The maximum absolute atomic E-state index is 14.1. The van der Waals surface area contributed by atoms with E-state index >= 15 is 0 Å². The highest BCUT2D eigenvalue weighted by Crippen LogP contribution is 2.43. The van der Waals surface area contributed by atoms with E-state index in [0.717, 1.165) is 11.1 Å². The van der Waals surface area contributed by atoms with Crippen molar-refractivity contribution < 1.29 is 37.1 Å². The van der Waals surface area contributed by atoms with Gasteiger partial charge in [-0.25, -0.2) is 13.1 Å². The van der Waals surface area contributed by atoms with Crippen LogP contribution in [0.3, 0.4) is 0 Å². The lowest BCUT2D eigenvalue weighted by Crippen LogP contribution is -2.61. The van der Waals surface area contributed by atoms with Gasteiger partial charge in [-0.15, -0.1) is 13.2 Å². The maximum Gasteiger partial charge on any atom is 0.264 e. The number of aliphatic imine (C=N–C) groups is 1. The number of guanidine groups is 1. The van der Waals surface area contributed by atoms with Gasteiger partial charge in [0.15, 0.2) is 0 Å². The molecule has 2 aromatic rings. The summed E-state index contributed by atoms with van der Waals surface area (Å²) in [4.78, 5) is 73.8. The Morgan fingerprint density at radius 1 is 0.952 bits per heavy atom. The molecule has 16 nitrogen and oxygen atoms in total. The molecule has 340 valence electrons. The molecule has 62 heavy (non-hydrogen) atoms. The van der Waals surface area contributed by atoms with Crippen molar-refractivity contribution in [3.05, 3.63) is 83.5 Å². The first-order chi connectivity index (χ1) is 28.9. The first-order valence-corrected chi connectivity index (χ1v) is 22.3. The number of hydrogen-bond donors (Lipinski definition) is 6. The number of carbonyl (C=O) groups is 5. The molecule has 5 amide bonds. The third-order valence-corrected chi connectivity index (χ3v) is 12.4. The molecule has 0 spiro atoms. The molecule has 0 aliphatic carbocycles. The molecule has 3 rings (SSSR count). The number of likely N-dealkylation sites (N-methyl/N-ethyl adjacent to an activating group) is 1. The number of sulfonamides is 1. The van der Waals surface area contributed by atoms with Gasteiger partial charge in [0.05, 0.1) is 4.90 Å². The van der Waals surface area contributed by atoms with Crippen LogP contribution in [0.1, 0.15) is 101 Å². The van der Waals surface area contributed by atoms with Crippen LogP contribution >= 0.6 is 0 Å². The molecule has 0 saturated heterocycles. The zero-order chi connectivity index (χ0) is 46.7. The molecule has 1 aliphatic heterocycles. The highest BCUT2D eigenvalue weighted by atomic mass is 32.2. The van der Waals surface area contributed by atoms with Crippen molar-refractivity contribution in [3.63, 3.8) is 0 Å². The monoisotopic (exact) mass is 878 g/mol. The minimum atomic E-state index is -4.18. The molecule has 2 aromatic carbocycles. The van der Waals surface area contributed by atoms with Crippen molar-refractivity contribution in [2.24, 2.45) is 16.6 Å². The summed E-state index contributed by atoms with van der Waals surface area (Å²) in [7, 11) is -2.59. The average Bonchev–Trinajstić information content (AvgIpc) is 3.54. The van der Waals surface area contributed by atoms with Crippen LogP contribution < -0.4 is 36.5 Å². The second-order valence-electron chi connectivity index (χ2n) is 16.9. The first-order valence-electron chi connectivity index (χ1n) is 20.8. The van der Waals surface area contributed by atoms with Crippen LogP contribution in [0, 0.1) is 26.7 Å². The molecule has 0 bridgehead atoms. The molecule has 17 heteroatoms. The fraction of sp³-hybridized carbons (Fsp3) is 0.511. The van der Waals surface area contributed by atoms with Crippen molar-refractivity contribution in [2.45, 2.75) is 129 Å². The fourth-order valence-electron chi connectivity index (χ4n) is 7.16. The molecule has 4 atom stereocenters. The van der Waals surface area contributed by atoms with E-state index in [1.54, 1.807) is 78.1 Å². The van der Waals surface area contributed by atoms with E-state index in [0.29, 0.717) is 28.9 Å². The number of hydrogen-bond acceptors (Lipinski definition) is 9. The minimum absolute atomic E-state index is 0.0308. The summed E-state index contributed by atoms with van der Waals surface area (Å²) < 4.78 is 36.0. The van der Waals surface area contributed by atoms with Crippen LogP contribution in [0.25, 0.3) is 0 Å². The van der Waals surface area contributed by atoms with Gasteiger partial charge in [-0.05, 0) is 89.5 Å². The number of fused-ring (bicyclic) bond motifs is 1. The van der Waals surface area contributed by atoms with Crippen molar-refractivity contribution in [3.8, 4) is 5.75 Å². The highest BCUT2D eigenvalue weighted by Gasteiger charge is 2.39. The number of benzene rings is 2. The van der Waals surface area contributed by atoms with Crippen LogP contribution in [0.4, 0.5) is 0 Å². The van der Waals surface area contributed by atoms with Crippen molar-refractivity contribution in [2.75, 3.05) is 20.1 Å². The van der Waals surface area contributed by atoms with E-state index in [9.17, 15) is 32.4 Å². The van der Waals surface area contributed by atoms with Gasteiger partial charge in [-0.3, -0.25) is 29.0 Å². The SMILES string of the molecule is C=CCN(C)C(=O)[C@H](NC(=O)[C@H](CC)NC(=O)[C@H](CCCN=C(N)NS(=O)(=O)c1c(C)c(C)c2c(c1C)CC(C)(C)O2)NC(=O)[C@@](C)(CC=C)NC(=O)C(C)C)c1ccccc1. The van der Waals surface area contributed by atoms with Gasteiger partial charge in [0.2, 0.25) is 35.5 Å². The summed E-state index contributed by atoms with van der Waals surface area (Å²) in [5.74, 6) is -2.94. The number of nitrogens with one attached hydrogen (secondary N) is 5. The highest BCUT2D eigenvalue weighted by molar-refractivity contribution is 7.90. The Morgan fingerprint density at radius 3 is 2.16 bits per heavy atom. The van der Waals surface area contributed by atoms with Crippen LogP contribution in [-0.4, -0.2) is 92.2 Å². The van der Waals surface area contributed by atoms with E-state index < -0.39 is 68.8 Å². The zero-order valence-electron chi connectivity index (χ0n) is 37.9. The number of ether oxygens (including phenoxy) is 1. The second-order valence-corrected chi connectivity index (χ2v) is 18.5. The number of rotatable bonds is 21. The van der Waals surface area contributed by atoms with Crippen molar-refractivity contribution in [1.82, 2.24) is 30.9 Å². The number of carbonyl (C=O) groups excluding carboxylic acids is 5. The molecule has 0 unspecified atom stereocenters. The van der Waals surface area contributed by atoms with E-state index in [-0.39, 0.29) is 55.5 Å². The molecular formula is C45H66N8O8S. The average molecular weight is 879 g/mol. The first kappa shape index (κ1) is 50.6. The summed E-state index contributed by atoms with van der Waals surface area (Å²) >= 11 is 0. The summed E-state index contributed by atoms with van der Waals surface area (Å²) in [6.07, 6.45) is 3.84. The van der Waals surface area contributed by atoms with Gasteiger partial charge < -0.3 is 36.6 Å². The lowest BCUT2D eigenvalue weighted by atomic mass is 9.94. The number of nitrogens with zero attached hydrogens (tertiary/aromatic N) is 2. The molecule has 7 N–H and O–H groups in total. The molecule has 0 aromatic heterocycles. The van der Waals surface area contributed by atoms with Gasteiger partial charge >= 0.3 is 0 Å². The smallest absolute Gasteiger partial charge is 0.264 e.